The van der Waals surface area contributed by atoms with Crippen molar-refractivity contribution >= 4 is 44.8 Å². The topological polar surface area (TPSA) is 34.9 Å². The van der Waals surface area contributed by atoms with Gasteiger partial charge < -0.3 is 0 Å². The van der Waals surface area contributed by atoms with Crippen LogP contribution in [0.25, 0.3) is 10.2 Å². The fourth-order valence-electron chi connectivity index (χ4n) is 1.86. The van der Waals surface area contributed by atoms with Crippen LogP contribution in [0.15, 0.2) is 40.8 Å². The van der Waals surface area contributed by atoms with Crippen LogP contribution in [0.1, 0.15) is 5.56 Å². The van der Waals surface area contributed by atoms with Gasteiger partial charge in [0.1, 0.15) is 4.83 Å². The van der Waals surface area contributed by atoms with Gasteiger partial charge in [0.15, 0.2) is 0 Å². The highest BCUT2D eigenvalue weighted by Crippen LogP contribution is 2.25. The van der Waals surface area contributed by atoms with Crippen molar-refractivity contribution < 1.29 is 0 Å². The molecule has 2 heterocycles. The van der Waals surface area contributed by atoms with Gasteiger partial charge in [0.25, 0.3) is 5.56 Å². The van der Waals surface area contributed by atoms with E-state index in [2.05, 4.69) is 4.98 Å². The van der Waals surface area contributed by atoms with E-state index >= 15 is 0 Å². The van der Waals surface area contributed by atoms with Crippen molar-refractivity contribution in [3.8, 4) is 0 Å². The molecule has 0 fully saturated rings. The Morgan fingerprint density at radius 3 is 2.68 bits per heavy atom. The highest BCUT2D eigenvalue weighted by atomic mass is 35.5. The molecule has 0 aliphatic heterocycles. The average Bonchev–Trinajstić information content (AvgIpc) is 2.85. The Kier molecular flexibility index (Phi) is 3.31. The predicted molar refractivity (Wildman–Crippen MR) is 79.4 cm³/mol. The zero-order chi connectivity index (χ0) is 13.4. The summed E-state index contributed by atoms with van der Waals surface area (Å²) < 4.78 is 1.52. The fourth-order valence-corrected chi connectivity index (χ4v) is 3.10. The molecule has 0 atom stereocenters. The van der Waals surface area contributed by atoms with E-state index in [0.717, 1.165) is 10.4 Å². The molecule has 0 amide bonds. The van der Waals surface area contributed by atoms with Crippen LogP contribution in [0.3, 0.4) is 0 Å². The third-order valence-corrected chi connectivity index (χ3v) is 4.37. The second-order valence-corrected chi connectivity index (χ2v) is 5.73. The lowest BCUT2D eigenvalue weighted by molar-refractivity contribution is 0.750. The molecule has 0 radical (unpaired) electrons. The first kappa shape index (κ1) is 12.7. The summed E-state index contributed by atoms with van der Waals surface area (Å²) in [5, 5.41) is 3.57. The number of rotatable bonds is 2. The first-order valence-corrected chi connectivity index (χ1v) is 7.16. The molecule has 0 saturated heterocycles. The molecule has 6 heteroatoms. The van der Waals surface area contributed by atoms with Crippen LogP contribution in [-0.4, -0.2) is 9.55 Å². The minimum Gasteiger partial charge on any atom is -0.294 e. The van der Waals surface area contributed by atoms with Gasteiger partial charge in [-0.2, -0.15) is 0 Å². The summed E-state index contributed by atoms with van der Waals surface area (Å²) in [6.07, 6.45) is 1.53. The minimum atomic E-state index is -0.0813. The van der Waals surface area contributed by atoms with Crippen molar-refractivity contribution in [1.29, 1.82) is 0 Å². The lowest BCUT2D eigenvalue weighted by atomic mass is 10.2. The molecule has 0 unspecified atom stereocenters. The molecule has 3 aromatic rings. The maximum atomic E-state index is 12.3. The van der Waals surface area contributed by atoms with E-state index in [0.29, 0.717) is 22.0 Å². The Labute approximate surface area is 123 Å². The van der Waals surface area contributed by atoms with Gasteiger partial charge >= 0.3 is 0 Å². The second-order valence-electron chi connectivity index (χ2n) is 4.02. The van der Waals surface area contributed by atoms with Crippen LogP contribution in [-0.2, 0) is 6.54 Å². The molecule has 3 rings (SSSR count). The molecule has 2 aromatic heterocycles. The first-order valence-electron chi connectivity index (χ1n) is 5.52. The van der Waals surface area contributed by atoms with Gasteiger partial charge in [-0.05, 0) is 23.6 Å². The second kappa shape index (κ2) is 4.96. The monoisotopic (exact) mass is 310 g/mol. The molecule has 19 heavy (non-hydrogen) atoms. The van der Waals surface area contributed by atoms with Crippen molar-refractivity contribution in [3.63, 3.8) is 0 Å². The SMILES string of the molecule is O=c1c2ccsc2ncn1Cc1c(Cl)cccc1Cl. The summed E-state index contributed by atoms with van der Waals surface area (Å²) in [5.74, 6) is 0. The number of thiophene rings is 1. The van der Waals surface area contributed by atoms with Crippen molar-refractivity contribution in [2.45, 2.75) is 6.54 Å². The first-order chi connectivity index (χ1) is 9.16. The zero-order valence-electron chi connectivity index (χ0n) is 9.64. The maximum absolute atomic E-state index is 12.3. The van der Waals surface area contributed by atoms with E-state index in [9.17, 15) is 4.79 Å². The normalized spacial score (nSPS) is 11.1. The lowest BCUT2D eigenvalue weighted by Crippen LogP contribution is -2.20. The van der Waals surface area contributed by atoms with E-state index in [4.69, 9.17) is 23.2 Å². The molecule has 96 valence electrons. The van der Waals surface area contributed by atoms with Crippen LogP contribution < -0.4 is 5.56 Å². The molecule has 0 N–H and O–H groups in total. The molecular weight excluding hydrogens is 303 g/mol. The Hall–Kier alpha value is -1.36. The van der Waals surface area contributed by atoms with Gasteiger partial charge in [0, 0.05) is 15.6 Å². The summed E-state index contributed by atoms with van der Waals surface area (Å²) in [7, 11) is 0. The van der Waals surface area contributed by atoms with Crippen molar-refractivity contribution in [1.82, 2.24) is 9.55 Å². The summed E-state index contributed by atoms with van der Waals surface area (Å²) in [4.78, 5) is 17.3. The van der Waals surface area contributed by atoms with E-state index in [1.54, 1.807) is 24.3 Å². The minimum absolute atomic E-state index is 0.0813. The van der Waals surface area contributed by atoms with Crippen LogP contribution in [0, 0.1) is 0 Å². The number of hydrogen-bond acceptors (Lipinski definition) is 3. The summed E-state index contributed by atoms with van der Waals surface area (Å²) >= 11 is 13.7. The van der Waals surface area contributed by atoms with E-state index < -0.39 is 0 Å². The van der Waals surface area contributed by atoms with E-state index in [-0.39, 0.29) is 5.56 Å². The lowest BCUT2D eigenvalue weighted by Gasteiger charge is -2.09. The summed E-state index contributed by atoms with van der Waals surface area (Å²) in [5.41, 5.74) is 0.645. The number of hydrogen-bond donors (Lipinski definition) is 0. The molecule has 0 spiro atoms. The number of fused-ring (bicyclic) bond motifs is 1. The van der Waals surface area contributed by atoms with Gasteiger partial charge in [-0.15, -0.1) is 11.3 Å². The van der Waals surface area contributed by atoms with Crippen molar-refractivity contribution in [2.24, 2.45) is 0 Å². The molecule has 0 bridgehead atoms. The van der Waals surface area contributed by atoms with Gasteiger partial charge in [-0.25, -0.2) is 4.98 Å². The van der Waals surface area contributed by atoms with Crippen molar-refractivity contribution in [3.05, 3.63) is 61.9 Å². The zero-order valence-corrected chi connectivity index (χ0v) is 12.0. The third kappa shape index (κ3) is 2.27. The number of benzene rings is 1. The Balaban J connectivity index is 2.11. The Morgan fingerprint density at radius 2 is 1.95 bits per heavy atom. The quantitative estimate of drug-likeness (QED) is 0.721. The summed E-state index contributed by atoms with van der Waals surface area (Å²) in [6, 6.07) is 7.06. The van der Waals surface area contributed by atoms with Crippen LogP contribution in [0.5, 0.6) is 0 Å². The molecule has 0 saturated carbocycles. The van der Waals surface area contributed by atoms with Gasteiger partial charge in [-0.1, -0.05) is 29.3 Å². The Bertz CT molecular complexity index is 790. The van der Waals surface area contributed by atoms with Gasteiger partial charge in [0.05, 0.1) is 18.3 Å². The van der Waals surface area contributed by atoms with Crippen molar-refractivity contribution in [2.75, 3.05) is 0 Å². The predicted octanol–water partition coefficient (Wildman–Crippen LogP) is 3.81. The maximum Gasteiger partial charge on any atom is 0.262 e. The van der Waals surface area contributed by atoms with Crippen LogP contribution >= 0.6 is 34.5 Å². The smallest absolute Gasteiger partial charge is 0.262 e. The van der Waals surface area contributed by atoms with E-state index in [1.807, 2.05) is 5.38 Å². The van der Waals surface area contributed by atoms with Gasteiger partial charge in [-0.3, -0.25) is 9.36 Å². The molecular formula is C13H8Cl2N2OS. The number of halogens is 2. The largest absolute Gasteiger partial charge is 0.294 e. The fraction of sp³-hybridized carbons (Fsp3) is 0.0769. The standard InChI is InChI=1S/C13H8Cl2N2OS/c14-10-2-1-3-11(15)9(10)6-17-7-16-12-8(13(17)18)4-5-19-12/h1-5,7H,6H2. The molecule has 0 aliphatic rings. The summed E-state index contributed by atoms with van der Waals surface area (Å²) in [6.45, 7) is 0.316. The highest BCUT2D eigenvalue weighted by Gasteiger charge is 2.09. The molecule has 3 nitrogen and oxygen atoms in total. The number of nitrogens with zero attached hydrogens (tertiary/aromatic N) is 2. The molecule has 0 aliphatic carbocycles. The van der Waals surface area contributed by atoms with E-state index in [1.165, 1.54) is 22.2 Å². The van der Waals surface area contributed by atoms with Crippen LogP contribution in [0.4, 0.5) is 0 Å². The highest BCUT2D eigenvalue weighted by molar-refractivity contribution is 7.16. The molecule has 1 aromatic carbocycles. The average molecular weight is 311 g/mol. The van der Waals surface area contributed by atoms with Crippen LogP contribution in [0.2, 0.25) is 10.0 Å². The third-order valence-electron chi connectivity index (χ3n) is 2.84. The van der Waals surface area contributed by atoms with Gasteiger partial charge in [0.2, 0.25) is 0 Å². The Morgan fingerprint density at radius 1 is 1.21 bits per heavy atom. The number of aromatic nitrogens is 2.